The number of rotatable bonds is 7. The number of benzene rings is 3. The number of hydrogen-bond acceptors (Lipinski definition) is 5. The maximum absolute atomic E-state index is 12.2. The third-order valence-corrected chi connectivity index (χ3v) is 4.25. The molecule has 0 saturated heterocycles. The zero-order valence-electron chi connectivity index (χ0n) is 15.1. The number of para-hydroxylation sites is 1. The van der Waals surface area contributed by atoms with Crippen molar-refractivity contribution >= 4 is 29.4 Å². The number of ether oxygens (including phenoxy) is 1. The van der Waals surface area contributed by atoms with Gasteiger partial charge in [0.1, 0.15) is 17.4 Å². The van der Waals surface area contributed by atoms with Gasteiger partial charge in [-0.2, -0.15) is 5.10 Å². The van der Waals surface area contributed by atoms with Crippen molar-refractivity contribution in [3.63, 3.8) is 0 Å². The van der Waals surface area contributed by atoms with Crippen LogP contribution < -0.4 is 10.2 Å². The molecule has 29 heavy (non-hydrogen) atoms. The highest BCUT2D eigenvalue weighted by Gasteiger charge is 2.16. The third-order valence-electron chi connectivity index (χ3n) is 3.93. The van der Waals surface area contributed by atoms with E-state index in [-0.39, 0.29) is 16.3 Å². The van der Waals surface area contributed by atoms with Gasteiger partial charge in [0.15, 0.2) is 0 Å². The molecule has 7 nitrogen and oxygen atoms in total. The van der Waals surface area contributed by atoms with E-state index in [0.29, 0.717) is 17.9 Å². The molecule has 3 aromatic rings. The van der Waals surface area contributed by atoms with E-state index in [1.54, 1.807) is 12.1 Å². The Hall–Kier alpha value is -3.71. The van der Waals surface area contributed by atoms with Crippen LogP contribution in [0.2, 0.25) is 5.02 Å². The number of hydrogen-bond donors (Lipinski definition) is 1. The SMILES string of the molecule is O=C(NN=Cc1ccccc1OCc1ccccc1)c1ccc(Cl)c([N+](=O)[O-])c1. The van der Waals surface area contributed by atoms with E-state index in [1.165, 1.54) is 18.3 Å². The number of nitro groups is 1. The van der Waals surface area contributed by atoms with Crippen LogP contribution in [-0.2, 0) is 6.61 Å². The average molecular weight is 410 g/mol. The van der Waals surface area contributed by atoms with Crippen LogP contribution >= 0.6 is 11.6 Å². The number of nitrogens with one attached hydrogen (secondary N) is 1. The molecule has 0 aliphatic heterocycles. The summed E-state index contributed by atoms with van der Waals surface area (Å²) in [6.07, 6.45) is 1.45. The lowest BCUT2D eigenvalue weighted by molar-refractivity contribution is -0.384. The number of carbonyl (C=O) groups is 1. The summed E-state index contributed by atoms with van der Waals surface area (Å²) in [4.78, 5) is 22.5. The van der Waals surface area contributed by atoms with Crippen LogP contribution in [0.1, 0.15) is 21.5 Å². The van der Waals surface area contributed by atoms with Crippen LogP contribution in [-0.4, -0.2) is 17.0 Å². The molecule has 0 heterocycles. The molecule has 146 valence electrons. The van der Waals surface area contributed by atoms with Gasteiger partial charge in [-0.25, -0.2) is 5.43 Å². The Morgan fingerprint density at radius 1 is 1.10 bits per heavy atom. The Balaban J connectivity index is 1.67. The lowest BCUT2D eigenvalue weighted by Crippen LogP contribution is -2.17. The fraction of sp³-hybridized carbons (Fsp3) is 0.0476. The van der Waals surface area contributed by atoms with Crippen LogP contribution in [0.4, 0.5) is 5.69 Å². The maximum atomic E-state index is 12.2. The summed E-state index contributed by atoms with van der Waals surface area (Å²) < 4.78 is 5.83. The smallest absolute Gasteiger partial charge is 0.288 e. The summed E-state index contributed by atoms with van der Waals surface area (Å²) in [5.41, 5.74) is 3.77. The molecule has 0 aliphatic carbocycles. The van der Waals surface area contributed by atoms with Crippen molar-refractivity contribution in [2.75, 3.05) is 0 Å². The Morgan fingerprint density at radius 2 is 1.83 bits per heavy atom. The van der Waals surface area contributed by atoms with E-state index in [0.717, 1.165) is 11.6 Å². The molecule has 8 heteroatoms. The zero-order valence-corrected chi connectivity index (χ0v) is 15.9. The molecule has 3 aromatic carbocycles. The lowest BCUT2D eigenvalue weighted by Gasteiger charge is -2.09. The first-order valence-corrected chi connectivity index (χ1v) is 8.95. The summed E-state index contributed by atoms with van der Waals surface area (Å²) >= 11 is 5.75. The fourth-order valence-corrected chi connectivity index (χ4v) is 2.66. The number of nitro benzene ring substituents is 1. The predicted molar refractivity (Wildman–Crippen MR) is 110 cm³/mol. The summed E-state index contributed by atoms with van der Waals surface area (Å²) in [5, 5.41) is 14.8. The van der Waals surface area contributed by atoms with Gasteiger partial charge in [0.2, 0.25) is 0 Å². The Bertz CT molecular complexity index is 1050. The minimum atomic E-state index is -0.650. The van der Waals surface area contributed by atoms with Crippen LogP contribution in [0.25, 0.3) is 0 Å². The summed E-state index contributed by atoms with van der Waals surface area (Å²) in [6.45, 7) is 0.395. The van der Waals surface area contributed by atoms with Crippen molar-refractivity contribution in [1.29, 1.82) is 0 Å². The first kappa shape index (κ1) is 20.0. The minimum absolute atomic E-state index is 0.0421. The molecule has 0 atom stereocenters. The molecule has 0 bridgehead atoms. The highest BCUT2D eigenvalue weighted by Crippen LogP contribution is 2.25. The van der Waals surface area contributed by atoms with Crippen molar-refractivity contribution < 1.29 is 14.5 Å². The Morgan fingerprint density at radius 3 is 2.59 bits per heavy atom. The average Bonchev–Trinajstić information content (AvgIpc) is 2.73. The first-order chi connectivity index (χ1) is 14.0. The van der Waals surface area contributed by atoms with Crippen molar-refractivity contribution in [2.24, 2.45) is 5.10 Å². The van der Waals surface area contributed by atoms with Crippen LogP contribution in [0.3, 0.4) is 0 Å². The fourth-order valence-electron chi connectivity index (χ4n) is 2.47. The molecule has 0 saturated carbocycles. The van der Waals surface area contributed by atoms with E-state index in [2.05, 4.69) is 10.5 Å². The first-order valence-electron chi connectivity index (χ1n) is 8.57. The van der Waals surface area contributed by atoms with Gasteiger partial charge in [0, 0.05) is 17.2 Å². The van der Waals surface area contributed by atoms with Gasteiger partial charge >= 0.3 is 0 Å². The Kier molecular flexibility index (Phi) is 6.55. The zero-order chi connectivity index (χ0) is 20.6. The van der Waals surface area contributed by atoms with Gasteiger partial charge in [-0.1, -0.05) is 54.1 Å². The van der Waals surface area contributed by atoms with E-state index in [4.69, 9.17) is 16.3 Å². The second-order valence-corrected chi connectivity index (χ2v) is 6.34. The highest BCUT2D eigenvalue weighted by molar-refractivity contribution is 6.32. The molecule has 1 amide bonds. The van der Waals surface area contributed by atoms with Crippen LogP contribution in [0, 0.1) is 10.1 Å². The molecule has 0 radical (unpaired) electrons. The van der Waals surface area contributed by atoms with Gasteiger partial charge in [-0.3, -0.25) is 14.9 Å². The minimum Gasteiger partial charge on any atom is -0.488 e. The summed E-state index contributed by atoms with van der Waals surface area (Å²) in [7, 11) is 0. The number of halogens is 1. The second-order valence-electron chi connectivity index (χ2n) is 5.93. The van der Waals surface area contributed by atoms with Crippen molar-refractivity contribution in [1.82, 2.24) is 5.43 Å². The van der Waals surface area contributed by atoms with Gasteiger partial charge in [0.25, 0.3) is 11.6 Å². The summed E-state index contributed by atoms with van der Waals surface area (Å²) in [6, 6.07) is 20.8. The molecule has 3 rings (SSSR count). The number of carbonyl (C=O) groups excluding carboxylic acids is 1. The third kappa shape index (κ3) is 5.40. The maximum Gasteiger partial charge on any atom is 0.288 e. The quantitative estimate of drug-likeness (QED) is 0.351. The molecule has 0 aliphatic rings. The van der Waals surface area contributed by atoms with E-state index in [1.807, 2.05) is 42.5 Å². The normalized spacial score (nSPS) is 10.7. The van der Waals surface area contributed by atoms with E-state index < -0.39 is 10.8 Å². The molecular formula is C21H16ClN3O4. The lowest BCUT2D eigenvalue weighted by atomic mass is 10.2. The molecular weight excluding hydrogens is 394 g/mol. The van der Waals surface area contributed by atoms with Crippen LogP contribution in [0.5, 0.6) is 5.75 Å². The Labute approximate surface area is 171 Å². The molecule has 1 N–H and O–H groups in total. The van der Waals surface area contributed by atoms with Crippen molar-refractivity contribution in [3.8, 4) is 5.75 Å². The number of hydrazone groups is 1. The van der Waals surface area contributed by atoms with Gasteiger partial charge in [0.05, 0.1) is 11.1 Å². The van der Waals surface area contributed by atoms with Gasteiger partial charge < -0.3 is 4.74 Å². The second kappa shape index (κ2) is 9.48. The predicted octanol–water partition coefficient (Wildman–Crippen LogP) is 4.59. The monoisotopic (exact) mass is 409 g/mol. The molecule has 0 spiro atoms. The largest absolute Gasteiger partial charge is 0.488 e. The number of amides is 1. The van der Waals surface area contributed by atoms with Crippen molar-refractivity contribution in [3.05, 3.63) is 105 Å². The summed E-state index contributed by atoms with van der Waals surface area (Å²) in [5.74, 6) is 0.0141. The number of nitrogens with zero attached hydrogens (tertiary/aromatic N) is 2. The highest BCUT2D eigenvalue weighted by atomic mass is 35.5. The van der Waals surface area contributed by atoms with Crippen molar-refractivity contribution in [2.45, 2.75) is 6.61 Å². The van der Waals surface area contributed by atoms with Crippen LogP contribution in [0.15, 0.2) is 77.9 Å². The standard InChI is InChI=1S/C21H16ClN3O4/c22-18-11-10-16(12-19(18)25(27)28)21(26)24-23-13-17-8-4-5-9-20(17)29-14-15-6-2-1-3-7-15/h1-13H,14H2,(H,24,26). The molecule has 0 unspecified atom stereocenters. The van der Waals surface area contributed by atoms with E-state index in [9.17, 15) is 14.9 Å². The van der Waals surface area contributed by atoms with Gasteiger partial charge in [-0.15, -0.1) is 0 Å². The topological polar surface area (TPSA) is 93.8 Å². The van der Waals surface area contributed by atoms with E-state index >= 15 is 0 Å². The van der Waals surface area contributed by atoms with Gasteiger partial charge in [-0.05, 0) is 29.8 Å². The molecule has 0 fully saturated rings. The molecule has 0 aromatic heterocycles.